The van der Waals surface area contributed by atoms with Crippen molar-refractivity contribution in [1.29, 1.82) is 0 Å². The van der Waals surface area contributed by atoms with E-state index in [2.05, 4.69) is 38.2 Å². The Bertz CT molecular complexity index is 348. The Morgan fingerprint density at radius 3 is 0.909 bits per heavy atom. The van der Waals surface area contributed by atoms with E-state index in [4.69, 9.17) is 4.74 Å². The van der Waals surface area contributed by atoms with E-state index < -0.39 is 0 Å². The second kappa shape index (κ2) is 31.4. The lowest BCUT2D eigenvalue weighted by Gasteiger charge is -2.02. The van der Waals surface area contributed by atoms with Crippen molar-refractivity contribution in [2.75, 3.05) is 13.2 Å². The van der Waals surface area contributed by atoms with Gasteiger partial charge in [-0.05, 0) is 25.7 Å². The third-order valence-corrected chi connectivity index (χ3v) is 6.71. The van der Waals surface area contributed by atoms with Crippen LogP contribution in [0.4, 0.5) is 0 Å². The molecule has 0 amide bonds. The molecule has 0 aliphatic rings. The largest absolute Gasteiger partial charge is 0.373 e. The molecule has 1 heteroatoms. The second-order valence-electron chi connectivity index (χ2n) is 10.1. The molecule has 1 nitrogen and oxygen atoms in total. The lowest BCUT2D eigenvalue weighted by molar-refractivity contribution is 0.193. The van der Waals surface area contributed by atoms with Gasteiger partial charge in [-0.25, -0.2) is 0 Å². The molecule has 0 aromatic carbocycles. The van der Waals surface area contributed by atoms with E-state index in [1.807, 2.05) is 0 Å². The topological polar surface area (TPSA) is 9.23 Å². The predicted octanol–water partition coefficient (Wildman–Crippen LogP) is 11.5. The van der Waals surface area contributed by atoms with Crippen LogP contribution in [0.15, 0.2) is 24.3 Å². The number of allylic oxidation sites excluding steroid dienone is 2. The molecule has 0 aromatic heterocycles. The number of unbranched alkanes of at least 4 members (excludes halogenated alkanes) is 22. The van der Waals surface area contributed by atoms with Crippen molar-refractivity contribution in [3.05, 3.63) is 24.3 Å². The average molecular weight is 463 g/mol. The van der Waals surface area contributed by atoms with Gasteiger partial charge >= 0.3 is 0 Å². The van der Waals surface area contributed by atoms with Crippen molar-refractivity contribution >= 4 is 0 Å². The normalized spacial score (nSPS) is 11.9. The van der Waals surface area contributed by atoms with E-state index in [1.165, 1.54) is 154 Å². The van der Waals surface area contributed by atoms with Gasteiger partial charge in [0, 0.05) is 0 Å². The van der Waals surface area contributed by atoms with Crippen LogP contribution in [-0.4, -0.2) is 13.2 Å². The maximum absolute atomic E-state index is 5.67. The van der Waals surface area contributed by atoms with E-state index in [1.54, 1.807) is 0 Å². The van der Waals surface area contributed by atoms with Crippen LogP contribution in [0.5, 0.6) is 0 Å². The lowest BCUT2D eigenvalue weighted by Crippen LogP contribution is -1.90. The Kier molecular flexibility index (Phi) is 30.9. The molecule has 0 saturated carbocycles. The summed E-state index contributed by atoms with van der Waals surface area (Å²) in [5.41, 5.74) is 0. The van der Waals surface area contributed by atoms with Gasteiger partial charge in [-0.2, -0.15) is 0 Å². The third kappa shape index (κ3) is 31.4. The summed E-state index contributed by atoms with van der Waals surface area (Å²) in [4.78, 5) is 0. The Morgan fingerprint density at radius 2 is 0.606 bits per heavy atom. The quantitative estimate of drug-likeness (QED) is 0.0829. The van der Waals surface area contributed by atoms with Crippen LogP contribution < -0.4 is 0 Å². The van der Waals surface area contributed by atoms with Crippen molar-refractivity contribution in [1.82, 2.24) is 0 Å². The summed E-state index contributed by atoms with van der Waals surface area (Å²) in [6.07, 6.45) is 42.7. The van der Waals surface area contributed by atoms with E-state index in [0.717, 1.165) is 13.2 Å². The number of rotatable bonds is 28. The lowest BCUT2D eigenvalue weighted by atomic mass is 10.1. The van der Waals surface area contributed by atoms with E-state index in [9.17, 15) is 0 Å². The van der Waals surface area contributed by atoms with Crippen LogP contribution >= 0.6 is 0 Å². The average Bonchev–Trinajstić information content (AvgIpc) is 2.83. The van der Waals surface area contributed by atoms with Crippen molar-refractivity contribution < 1.29 is 4.74 Å². The summed E-state index contributed by atoms with van der Waals surface area (Å²) >= 11 is 0. The van der Waals surface area contributed by atoms with Gasteiger partial charge in [0.1, 0.15) is 0 Å². The van der Waals surface area contributed by atoms with Crippen LogP contribution in [-0.2, 0) is 4.74 Å². The maximum atomic E-state index is 5.67. The Morgan fingerprint density at radius 1 is 0.333 bits per heavy atom. The highest BCUT2D eigenvalue weighted by molar-refractivity contribution is 4.84. The smallest absolute Gasteiger partial charge is 0.0651 e. The Balaban J connectivity index is 3.14. The molecular formula is C32H62O. The summed E-state index contributed by atoms with van der Waals surface area (Å²) in [6.45, 7) is 6.11. The van der Waals surface area contributed by atoms with Crippen LogP contribution in [0, 0.1) is 0 Å². The minimum Gasteiger partial charge on any atom is -0.373 e. The van der Waals surface area contributed by atoms with Crippen molar-refractivity contribution in [3.8, 4) is 0 Å². The first-order valence-electron chi connectivity index (χ1n) is 15.3. The molecule has 0 saturated heterocycles. The van der Waals surface area contributed by atoms with Gasteiger partial charge in [0.25, 0.3) is 0 Å². The summed E-state index contributed by atoms with van der Waals surface area (Å²) in [5, 5.41) is 0. The molecule has 0 spiro atoms. The summed E-state index contributed by atoms with van der Waals surface area (Å²) < 4.78 is 5.67. The molecule has 0 heterocycles. The number of hydrogen-bond acceptors (Lipinski definition) is 1. The fraction of sp³-hybridized carbons (Fsp3) is 0.875. The Hall–Kier alpha value is -0.560. The van der Waals surface area contributed by atoms with E-state index in [-0.39, 0.29) is 0 Å². The molecule has 0 rings (SSSR count). The summed E-state index contributed by atoms with van der Waals surface area (Å²) in [6, 6.07) is 0. The zero-order chi connectivity index (χ0) is 23.9. The van der Waals surface area contributed by atoms with Gasteiger partial charge in [-0.15, -0.1) is 0 Å². The highest BCUT2D eigenvalue weighted by atomic mass is 16.5. The molecule has 0 fully saturated rings. The molecule has 0 aromatic rings. The fourth-order valence-electron chi connectivity index (χ4n) is 4.43. The maximum Gasteiger partial charge on any atom is 0.0651 e. The molecule has 0 bridgehead atoms. The first-order chi connectivity index (χ1) is 16.4. The van der Waals surface area contributed by atoms with Gasteiger partial charge in [0.05, 0.1) is 13.2 Å². The van der Waals surface area contributed by atoms with Gasteiger partial charge < -0.3 is 4.74 Å². The first kappa shape index (κ1) is 32.4. The zero-order valence-electron chi connectivity index (χ0n) is 23.1. The molecular weight excluding hydrogens is 400 g/mol. The molecule has 196 valence electrons. The highest BCUT2D eigenvalue weighted by Crippen LogP contribution is 2.13. The first-order valence-corrected chi connectivity index (χ1v) is 15.3. The Labute approximate surface area is 210 Å². The highest BCUT2D eigenvalue weighted by Gasteiger charge is 1.93. The monoisotopic (exact) mass is 462 g/mol. The standard InChI is InChI=1S/C32H62O/c1-3-5-7-9-11-13-15-17-19-21-23-25-27-29-31-33-32-30-28-26-24-22-20-18-16-14-12-10-8-6-4-2/h27-30H,3-26,31-32H2,1-2H3. The van der Waals surface area contributed by atoms with Gasteiger partial charge in [0.15, 0.2) is 0 Å². The SMILES string of the molecule is CCCCCCCCCCCCCC=CCOCC=CCCCCCCCCCCCCC. The van der Waals surface area contributed by atoms with Crippen LogP contribution in [0.2, 0.25) is 0 Å². The predicted molar refractivity (Wildman–Crippen MR) is 151 cm³/mol. The molecule has 0 unspecified atom stereocenters. The fourth-order valence-corrected chi connectivity index (χ4v) is 4.43. The van der Waals surface area contributed by atoms with Crippen LogP contribution in [0.25, 0.3) is 0 Å². The molecule has 0 aliphatic carbocycles. The van der Waals surface area contributed by atoms with Crippen LogP contribution in [0.1, 0.15) is 168 Å². The van der Waals surface area contributed by atoms with E-state index >= 15 is 0 Å². The molecule has 0 N–H and O–H groups in total. The van der Waals surface area contributed by atoms with Crippen LogP contribution in [0.3, 0.4) is 0 Å². The van der Waals surface area contributed by atoms with Crippen molar-refractivity contribution in [3.63, 3.8) is 0 Å². The number of ether oxygens (including phenoxy) is 1. The molecule has 0 atom stereocenters. The minimum atomic E-state index is 0.765. The summed E-state index contributed by atoms with van der Waals surface area (Å²) in [5.74, 6) is 0. The molecule has 33 heavy (non-hydrogen) atoms. The van der Waals surface area contributed by atoms with Gasteiger partial charge in [0.2, 0.25) is 0 Å². The van der Waals surface area contributed by atoms with Gasteiger partial charge in [-0.3, -0.25) is 0 Å². The summed E-state index contributed by atoms with van der Waals surface area (Å²) in [7, 11) is 0. The minimum absolute atomic E-state index is 0.765. The van der Waals surface area contributed by atoms with E-state index in [0.29, 0.717) is 0 Å². The second-order valence-corrected chi connectivity index (χ2v) is 10.1. The third-order valence-electron chi connectivity index (χ3n) is 6.71. The number of hydrogen-bond donors (Lipinski definition) is 0. The molecule has 0 radical (unpaired) electrons. The van der Waals surface area contributed by atoms with Gasteiger partial charge in [-0.1, -0.05) is 167 Å². The van der Waals surface area contributed by atoms with Crippen molar-refractivity contribution in [2.24, 2.45) is 0 Å². The zero-order valence-corrected chi connectivity index (χ0v) is 23.1. The molecule has 0 aliphatic heterocycles. The van der Waals surface area contributed by atoms with Crippen molar-refractivity contribution in [2.45, 2.75) is 168 Å².